The first kappa shape index (κ1) is 16.5. The predicted molar refractivity (Wildman–Crippen MR) is 89.9 cm³/mol. The molecule has 1 aliphatic heterocycles. The molecule has 2 unspecified atom stereocenters. The number of hydrogen-bond acceptors (Lipinski definition) is 2. The van der Waals surface area contributed by atoms with Crippen molar-refractivity contribution in [3.05, 3.63) is 35.4 Å². The van der Waals surface area contributed by atoms with E-state index in [9.17, 15) is 0 Å². The van der Waals surface area contributed by atoms with Crippen LogP contribution < -0.4 is 5.32 Å². The lowest BCUT2D eigenvalue weighted by molar-refractivity contribution is 0.109. The lowest BCUT2D eigenvalue weighted by Crippen LogP contribution is -2.30. The minimum atomic E-state index is 0.243. The van der Waals surface area contributed by atoms with Crippen LogP contribution >= 0.6 is 0 Å². The van der Waals surface area contributed by atoms with Gasteiger partial charge < -0.3 is 10.1 Å². The standard InChI is InChI=1S/C19H31NO/c1-15(13-20-14-18-6-5-11-21-18)12-16-7-9-17(10-8-16)19(2,3)4/h7-10,15,18,20H,5-6,11-14H2,1-4H3. The SMILES string of the molecule is CC(CNCC1CCCO1)Cc1ccc(C(C)(C)C)cc1. The summed E-state index contributed by atoms with van der Waals surface area (Å²) in [6.45, 7) is 12.1. The van der Waals surface area contributed by atoms with Crippen LogP contribution in [0.5, 0.6) is 0 Å². The van der Waals surface area contributed by atoms with Crippen molar-refractivity contribution in [2.24, 2.45) is 5.92 Å². The van der Waals surface area contributed by atoms with Crippen molar-refractivity contribution in [3.63, 3.8) is 0 Å². The van der Waals surface area contributed by atoms with Crippen molar-refractivity contribution in [1.29, 1.82) is 0 Å². The molecule has 0 aromatic heterocycles. The van der Waals surface area contributed by atoms with Crippen molar-refractivity contribution >= 4 is 0 Å². The summed E-state index contributed by atoms with van der Waals surface area (Å²) in [7, 11) is 0. The second-order valence-electron chi connectivity index (χ2n) is 7.55. The minimum absolute atomic E-state index is 0.243. The third-order valence-corrected chi connectivity index (χ3v) is 4.29. The Morgan fingerprint density at radius 1 is 1.24 bits per heavy atom. The quantitative estimate of drug-likeness (QED) is 0.856. The summed E-state index contributed by atoms with van der Waals surface area (Å²) in [5.74, 6) is 0.659. The molecular weight excluding hydrogens is 258 g/mol. The van der Waals surface area contributed by atoms with E-state index < -0.39 is 0 Å². The molecule has 1 aromatic carbocycles. The number of benzene rings is 1. The first-order chi connectivity index (χ1) is 9.95. The lowest BCUT2D eigenvalue weighted by Gasteiger charge is -2.20. The molecule has 0 radical (unpaired) electrons. The van der Waals surface area contributed by atoms with Gasteiger partial charge in [-0.25, -0.2) is 0 Å². The number of hydrogen-bond donors (Lipinski definition) is 1. The van der Waals surface area contributed by atoms with Gasteiger partial charge in [0.15, 0.2) is 0 Å². The van der Waals surface area contributed by atoms with Crippen molar-refractivity contribution in [1.82, 2.24) is 5.32 Å². The van der Waals surface area contributed by atoms with Crippen LogP contribution in [0.2, 0.25) is 0 Å². The van der Waals surface area contributed by atoms with E-state index in [1.54, 1.807) is 0 Å². The average molecular weight is 289 g/mol. The second kappa shape index (κ2) is 7.42. The van der Waals surface area contributed by atoms with E-state index in [0.717, 1.165) is 26.1 Å². The largest absolute Gasteiger partial charge is 0.377 e. The molecule has 1 N–H and O–H groups in total. The van der Waals surface area contributed by atoms with Gasteiger partial charge in [-0.15, -0.1) is 0 Å². The van der Waals surface area contributed by atoms with Crippen LogP contribution in [0.15, 0.2) is 24.3 Å². The normalized spacial score (nSPS) is 20.7. The Labute approximate surface area is 130 Å². The summed E-state index contributed by atoms with van der Waals surface area (Å²) in [5, 5.41) is 3.56. The average Bonchev–Trinajstić information content (AvgIpc) is 2.91. The Balaban J connectivity index is 1.73. The van der Waals surface area contributed by atoms with Crippen LogP contribution in [0.3, 0.4) is 0 Å². The fraction of sp³-hybridized carbons (Fsp3) is 0.684. The van der Waals surface area contributed by atoms with Gasteiger partial charge >= 0.3 is 0 Å². The molecule has 1 aliphatic rings. The van der Waals surface area contributed by atoms with Gasteiger partial charge in [0.05, 0.1) is 6.10 Å². The first-order valence-electron chi connectivity index (χ1n) is 8.37. The summed E-state index contributed by atoms with van der Waals surface area (Å²) < 4.78 is 5.64. The first-order valence-corrected chi connectivity index (χ1v) is 8.37. The van der Waals surface area contributed by atoms with E-state index in [4.69, 9.17) is 4.74 Å². The smallest absolute Gasteiger partial charge is 0.0700 e. The van der Waals surface area contributed by atoms with Crippen molar-refractivity contribution < 1.29 is 4.74 Å². The zero-order valence-corrected chi connectivity index (χ0v) is 14.1. The fourth-order valence-corrected chi connectivity index (χ4v) is 2.91. The van der Waals surface area contributed by atoms with Crippen molar-refractivity contribution in [3.8, 4) is 0 Å². The summed E-state index contributed by atoms with van der Waals surface area (Å²) in [6, 6.07) is 9.14. The van der Waals surface area contributed by atoms with Crippen molar-refractivity contribution in [2.75, 3.05) is 19.7 Å². The highest BCUT2D eigenvalue weighted by Crippen LogP contribution is 2.22. The molecule has 0 aliphatic carbocycles. The van der Waals surface area contributed by atoms with Crippen LogP contribution in [-0.2, 0) is 16.6 Å². The molecule has 2 nitrogen and oxygen atoms in total. The minimum Gasteiger partial charge on any atom is -0.377 e. The van der Waals surface area contributed by atoms with E-state index in [-0.39, 0.29) is 5.41 Å². The summed E-state index contributed by atoms with van der Waals surface area (Å²) in [5.41, 5.74) is 3.09. The Morgan fingerprint density at radius 3 is 2.52 bits per heavy atom. The highest BCUT2D eigenvalue weighted by atomic mass is 16.5. The van der Waals surface area contributed by atoms with E-state index >= 15 is 0 Å². The summed E-state index contributed by atoms with van der Waals surface area (Å²) >= 11 is 0. The highest BCUT2D eigenvalue weighted by molar-refractivity contribution is 5.27. The Bertz CT molecular complexity index is 412. The van der Waals surface area contributed by atoms with Gasteiger partial charge in [-0.2, -0.15) is 0 Å². The molecule has 1 fully saturated rings. The number of ether oxygens (including phenoxy) is 1. The molecule has 1 aromatic rings. The topological polar surface area (TPSA) is 21.3 Å². The Morgan fingerprint density at radius 2 is 1.95 bits per heavy atom. The molecule has 118 valence electrons. The second-order valence-corrected chi connectivity index (χ2v) is 7.55. The summed E-state index contributed by atoms with van der Waals surface area (Å²) in [6.07, 6.45) is 4.03. The zero-order valence-electron chi connectivity index (χ0n) is 14.1. The fourth-order valence-electron chi connectivity index (χ4n) is 2.91. The molecule has 0 saturated carbocycles. The van der Waals surface area contributed by atoms with Crippen molar-refractivity contribution in [2.45, 2.75) is 58.5 Å². The molecule has 0 bridgehead atoms. The number of nitrogens with one attached hydrogen (secondary N) is 1. The molecule has 2 heteroatoms. The monoisotopic (exact) mass is 289 g/mol. The molecule has 0 spiro atoms. The van der Waals surface area contributed by atoms with E-state index in [1.165, 1.54) is 24.0 Å². The van der Waals surface area contributed by atoms with Crippen LogP contribution in [0, 0.1) is 5.92 Å². The maximum atomic E-state index is 5.64. The molecule has 2 atom stereocenters. The van der Waals surface area contributed by atoms with Gasteiger partial charge in [-0.3, -0.25) is 0 Å². The maximum absolute atomic E-state index is 5.64. The highest BCUT2D eigenvalue weighted by Gasteiger charge is 2.15. The van der Waals surface area contributed by atoms with Crippen LogP contribution in [0.25, 0.3) is 0 Å². The summed E-state index contributed by atoms with van der Waals surface area (Å²) in [4.78, 5) is 0. The molecule has 21 heavy (non-hydrogen) atoms. The lowest BCUT2D eigenvalue weighted by atomic mass is 9.86. The van der Waals surface area contributed by atoms with Gasteiger partial charge in [0, 0.05) is 13.2 Å². The zero-order chi connectivity index (χ0) is 15.3. The molecule has 1 saturated heterocycles. The predicted octanol–water partition coefficient (Wildman–Crippen LogP) is 3.93. The van der Waals surface area contributed by atoms with Crippen LogP contribution in [0.1, 0.15) is 51.7 Å². The molecule has 1 heterocycles. The van der Waals surface area contributed by atoms with E-state index in [0.29, 0.717) is 12.0 Å². The van der Waals surface area contributed by atoms with E-state index in [2.05, 4.69) is 57.3 Å². The van der Waals surface area contributed by atoms with Gasteiger partial charge in [0.25, 0.3) is 0 Å². The van der Waals surface area contributed by atoms with Gasteiger partial charge in [-0.05, 0) is 48.3 Å². The van der Waals surface area contributed by atoms with Gasteiger partial charge in [0.1, 0.15) is 0 Å². The number of rotatable bonds is 6. The Hall–Kier alpha value is -0.860. The molecule has 0 amide bonds. The van der Waals surface area contributed by atoms with Gasteiger partial charge in [0.2, 0.25) is 0 Å². The van der Waals surface area contributed by atoms with Crippen LogP contribution in [0.4, 0.5) is 0 Å². The molecule has 2 rings (SSSR count). The van der Waals surface area contributed by atoms with Gasteiger partial charge in [-0.1, -0.05) is 52.0 Å². The maximum Gasteiger partial charge on any atom is 0.0700 e. The third kappa shape index (κ3) is 5.44. The van der Waals surface area contributed by atoms with Crippen LogP contribution in [-0.4, -0.2) is 25.8 Å². The Kier molecular flexibility index (Phi) is 5.83. The van der Waals surface area contributed by atoms with E-state index in [1.807, 2.05) is 0 Å². The molecular formula is C19H31NO. The third-order valence-electron chi connectivity index (χ3n) is 4.29.